The van der Waals surface area contributed by atoms with Crippen LogP contribution in [0.25, 0.3) is 10.8 Å². The summed E-state index contributed by atoms with van der Waals surface area (Å²) < 4.78 is 44.1. The molecule has 2 amide bonds. The molecule has 2 heterocycles. The summed E-state index contributed by atoms with van der Waals surface area (Å²) >= 11 is 0. The number of rotatable bonds is 6. The number of methoxy groups -OCH3 is 1. The summed E-state index contributed by atoms with van der Waals surface area (Å²) in [7, 11) is 1.52. The van der Waals surface area contributed by atoms with Crippen LogP contribution in [0.15, 0.2) is 85.1 Å². The second-order valence-electron chi connectivity index (χ2n) is 10.3. The molecule has 0 spiro atoms. The highest BCUT2D eigenvalue weighted by atomic mass is 19.4. The number of hydrogen-bond donors (Lipinski definition) is 1. The summed E-state index contributed by atoms with van der Waals surface area (Å²) in [6.45, 7) is 2.73. The van der Waals surface area contributed by atoms with Crippen LogP contribution in [0.5, 0.6) is 0 Å². The molecule has 1 saturated heterocycles. The predicted molar refractivity (Wildman–Crippen MR) is 150 cm³/mol. The van der Waals surface area contributed by atoms with Crippen molar-refractivity contribution in [3.63, 3.8) is 0 Å². The SMILES string of the molecule is COC(C)(C(=O)Nc1ccc(C2CCN(C(=O)c3ccc(C(F)(F)F)nc3)CC2)cc1)c1cccc2ccccc12. The zero-order valence-corrected chi connectivity index (χ0v) is 22.7. The minimum absolute atomic E-state index is 0.142. The number of carbonyl (C=O) groups excluding carboxylic acids is 2. The minimum atomic E-state index is -4.54. The van der Waals surface area contributed by atoms with E-state index in [1.54, 1.807) is 11.8 Å². The van der Waals surface area contributed by atoms with Crippen molar-refractivity contribution in [2.24, 2.45) is 0 Å². The van der Waals surface area contributed by atoms with Gasteiger partial charge in [0.1, 0.15) is 5.69 Å². The van der Waals surface area contributed by atoms with Gasteiger partial charge in [0.15, 0.2) is 5.60 Å². The number of nitrogens with one attached hydrogen (secondary N) is 1. The van der Waals surface area contributed by atoms with Crippen LogP contribution in [0.3, 0.4) is 0 Å². The highest BCUT2D eigenvalue weighted by Gasteiger charge is 2.37. The second-order valence-corrected chi connectivity index (χ2v) is 10.3. The summed E-state index contributed by atoms with van der Waals surface area (Å²) in [5, 5.41) is 4.96. The molecule has 4 aromatic rings. The summed E-state index contributed by atoms with van der Waals surface area (Å²) in [5.41, 5.74) is 0.428. The Hall–Kier alpha value is -4.24. The van der Waals surface area contributed by atoms with Crippen molar-refractivity contribution in [1.82, 2.24) is 9.88 Å². The summed E-state index contributed by atoms with van der Waals surface area (Å²) in [5.74, 6) is -0.391. The van der Waals surface area contributed by atoms with Crippen LogP contribution in [0, 0.1) is 0 Å². The van der Waals surface area contributed by atoms with Crippen LogP contribution in [-0.4, -0.2) is 41.9 Å². The van der Waals surface area contributed by atoms with E-state index in [1.807, 2.05) is 66.7 Å². The first-order valence-electron chi connectivity index (χ1n) is 13.4. The van der Waals surface area contributed by atoms with Crippen LogP contribution in [0.1, 0.15) is 52.9 Å². The van der Waals surface area contributed by atoms with Crippen molar-refractivity contribution < 1.29 is 27.5 Å². The van der Waals surface area contributed by atoms with E-state index in [4.69, 9.17) is 4.74 Å². The largest absolute Gasteiger partial charge is 0.433 e. The Morgan fingerprint density at radius 1 is 0.927 bits per heavy atom. The molecule has 1 atom stereocenters. The van der Waals surface area contributed by atoms with Crippen molar-refractivity contribution in [2.45, 2.75) is 37.5 Å². The van der Waals surface area contributed by atoms with E-state index in [2.05, 4.69) is 10.3 Å². The maximum Gasteiger partial charge on any atom is 0.433 e. The average Bonchev–Trinajstić information content (AvgIpc) is 3.00. The number of amides is 2. The van der Waals surface area contributed by atoms with E-state index in [0.717, 1.165) is 34.2 Å². The Morgan fingerprint density at radius 2 is 1.61 bits per heavy atom. The zero-order valence-electron chi connectivity index (χ0n) is 22.7. The third-order valence-corrected chi connectivity index (χ3v) is 7.87. The fraction of sp³-hybridized carbons (Fsp3) is 0.281. The van der Waals surface area contributed by atoms with Crippen molar-refractivity contribution >= 4 is 28.3 Å². The number of hydrogen-bond acceptors (Lipinski definition) is 4. The number of anilines is 1. The minimum Gasteiger partial charge on any atom is -0.364 e. The standard InChI is InChI=1S/C32H30F3N3O3/c1-31(41-2,27-9-5-7-23-6-3-4-8-26(23)27)30(40)37-25-13-10-21(11-14-25)22-16-18-38(19-17-22)29(39)24-12-15-28(36-20-24)32(33,34)35/h3-15,20,22H,16-19H2,1-2H3,(H,37,40). The van der Waals surface area contributed by atoms with Gasteiger partial charge in [-0.25, -0.2) is 0 Å². The Labute approximate surface area is 236 Å². The lowest BCUT2D eigenvalue weighted by atomic mass is 9.88. The molecular weight excluding hydrogens is 531 g/mol. The lowest BCUT2D eigenvalue weighted by Gasteiger charge is -2.32. The number of likely N-dealkylation sites (tertiary alicyclic amines) is 1. The molecule has 1 aliphatic heterocycles. The average molecular weight is 562 g/mol. The Morgan fingerprint density at radius 3 is 2.24 bits per heavy atom. The lowest BCUT2D eigenvalue weighted by molar-refractivity contribution is -0.141. The molecule has 212 valence electrons. The molecule has 0 radical (unpaired) electrons. The first-order valence-corrected chi connectivity index (χ1v) is 13.4. The Bertz CT molecular complexity index is 1540. The molecule has 1 aromatic heterocycles. The van der Waals surface area contributed by atoms with Crippen LogP contribution in [0.2, 0.25) is 0 Å². The van der Waals surface area contributed by atoms with Gasteiger partial charge < -0.3 is 15.0 Å². The van der Waals surface area contributed by atoms with Crippen LogP contribution < -0.4 is 5.32 Å². The number of fused-ring (bicyclic) bond motifs is 1. The van der Waals surface area contributed by atoms with E-state index < -0.39 is 17.5 Å². The van der Waals surface area contributed by atoms with Gasteiger partial charge in [0.05, 0.1) is 5.56 Å². The van der Waals surface area contributed by atoms with Gasteiger partial charge >= 0.3 is 6.18 Å². The Kier molecular flexibility index (Phi) is 7.82. The maximum atomic E-state index is 13.4. The van der Waals surface area contributed by atoms with Crippen molar-refractivity contribution in [1.29, 1.82) is 0 Å². The number of alkyl halides is 3. The third-order valence-electron chi connectivity index (χ3n) is 7.87. The molecule has 1 fully saturated rings. The first-order chi connectivity index (χ1) is 19.6. The topological polar surface area (TPSA) is 71.5 Å². The molecule has 41 heavy (non-hydrogen) atoms. The van der Waals surface area contributed by atoms with E-state index in [1.165, 1.54) is 13.2 Å². The lowest BCUT2D eigenvalue weighted by Crippen LogP contribution is -2.39. The van der Waals surface area contributed by atoms with E-state index in [0.29, 0.717) is 31.6 Å². The van der Waals surface area contributed by atoms with E-state index in [9.17, 15) is 22.8 Å². The number of pyridine rings is 1. The van der Waals surface area contributed by atoms with Gasteiger partial charge in [-0.15, -0.1) is 0 Å². The number of ether oxygens (including phenoxy) is 1. The fourth-order valence-electron chi connectivity index (χ4n) is 5.34. The fourth-order valence-corrected chi connectivity index (χ4v) is 5.34. The van der Waals surface area contributed by atoms with Crippen LogP contribution >= 0.6 is 0 Å². The Balaban J connectivity index is 1.21. The highest BCUT2D eigenvalue weighted by molar-refractivity contribution is 6.01. The van der Waals surface area contributed by atoms with Gasteiger partial charge in [-0.1, -0.05) is 54.6 Å². The van der Waals surface area contributed by atoms with Gasteiger partial charge in [0, 0.05) is 37.6 Å². The quantitative estimate of drug-likeness (QED) is 0.282. The van der Waals surface area contributed by atoms with Gasteiger partial charge in [0.25, 0.3) is 11.8 Å². The van der Waals surface area contributed by atoms with E-state index >= 15 is 0 Å². The molecular formula is C32H30F3N3O3. The monoisotopic (exact) mass is 561 g/mol. The van der Waals surface area contributed by atoms with Gasteiger partial charge in [-0.3, -0.25) is 14.6 Å². The van der Waals surface area contributed by atoms with Crippen LogP contribution in [0.4, 0.5) is 18.9 Å². The smallest absolute Gasteiger partial charge is 0.364 e. The highest BCUT2D eigenvalue weighted by Crippen LogP contribution is 2.34. The molecule has 0 saturated carbocycles. The second kappa shape index (κ2) is 11.3. The number of halogens is 3. The normalized spacial score (nSPS) is 15.9. The summed E-state index contributed by atoms with van der Waals surface area (Å²) in [4.78, 5) is 31.3. The summed E-state index contributed by atoms with van der Waals surface area (Å²) in [6.07, 6.45) is -2.12. The van der Waals surface area contributed by atoms with Crippen LogP contribution in [-0.2, 0) is 21.3 Å². The number of carbonyl (C=O) groups is 2. The molecule has 0 bridgehead atoms. The molecule has 5 rings (SSSR count). The van der Waals surface area contributed by atoms with Gasteiger partial charge in [-0.2, -0.15) is 13.2 Å². The number of nitrogens with zero attached hydrogens (tertiary/aromatic N) is 2. The van der Waals surface area contributed by atoms with Gasteiger partial charge in [-0.05, 0) is 66.3 Å². The predicted octanol–water partition coefficient (Wildman–Crippen LogP) is 6.77. The van der Waals surface area contributed by atoms with Crippen molar-refractivity contribution in [2.75, 3.05) is 25.5 Å². The zero-order chi connectivity index (χ0) is 29.2. The van der Waals surface area contributed by atoms with Crippen molar-refractivity contribution in [3.8, 4) is 0 Å². The number of piperidine rings is 1. The molecule has 3 aromatic carbocycles. The first kappa shape index (κ1) is 28.3. The molecule has 1 N–H and O–H groups in total. The summed E-state index contributed by atoms with van der Waals surface area (Å²) in [6, 6.07) is 23.3. The molecule has 9 heteroatoms. The van der Waals surface area contributed by atoms with E-state index in [-0.39, 0.29) is 23.3 Å². The molecule has 0 aliphatic carbocycles. The maximum absolute atomic E-state index is 13.4. The number of benzene rings is 3. The number of aromatic nitrogens is 1. The molecule has 6 nitrogen and oxygen atoms in total. The van der Waals surface area contributed by atoms with Gasteiger partial charge in [0.2, 0.25) is 0 Å². The van der Waals surface area contributed by atoms with Crippen molar-refractivity contribution in [3.05, 3.63) is 107 Å². The molecule has 1 unspecified atom stereocenters. The molecule has 1 aliphatic rings. The third kappa shape index (κ3) is 5.81.